The molecule has 4 nitrogen and oxygen atoms in total. The summed E-state index contributed by atoms with van der Waals surface area (Å²) in [5, 5.41) is 0. The van der Waals surface area contributed by atoms with Gasteiger partial charge in [0.2, 0.25) is 0 Å². The van der Waals surface area contributed by atoms with Gasteiger partial charge in [0.25, 0.3) is 0 Å². The third-order valence-corrected chi connectivity index (χ3v) is 7.54. The van der Waals surface area contributed by atoms with Crippen molar-refractivity contribution >= 4 is 0 Å². The van der Waals surface area contributed by atoms with Crippen LogP contribution in [0.2, 0.25) is 0 Å². The normalized spacial score (nSPS) is 33.4. The maximum atomic E-state index is 6.55. The summed E-state index contributed by atoms with van der Waals surface area (Å²) in [7, 11) is 3.50. The monoisotopic (exact) mass is 369 g/mol. The van der Waals surface area contributed by atoms with E-state index in [4.69, 9.17) is 14.2 Å². The van der Waals surface area contributed by atoms with E-state index >= 15 is 0 Å². The van der Waals surface area contributed by atoms with Crippen molar-refractivity contribution in [2.45, 2.75) is 57.1 Å². The Kier molecular flexibility index (Phi) is 3.98. The second kappa shape index (κ2) is 6.16. The standard InChI is InChI=1S/C23H31NO3/c1-5-24(13-14-6-7-14)17-12-15-8-10-18(25-3)21-20(15)23(2)16(17)9-11-19(26-4)22(23)27-21/h8,10-11,14,16-17,22H,5-7,9,12-13H2,1-4H3/t16?,17?,22?,23-/m0/s1. The molecule has 4 heteroatoms. The lowest BCUT2D eigenvalue weighted by molar-refractivity contribution is 0.0173. The minimum Gasteiger partial charge on any atom is -0.497 e. The Morgan fingerprint density at radius 1 is 1.22 bits per heavy atom. The number of benzene rings is 1. The highest BCUT2D eigenvalue weighted by molar-refractivity contribution is 5.61. The summed E-state index contributed by atoms with van der Waals surface area (Å²) in [5.74, 6) is 4.23. The Morgan fingerprint density at radius 2 is 2.04 bits per heavy atom. The van der Waals surface area contributed by atoms with E-state index in [0.717, 1.165) is 42.6 Å². The van der Waals surface area contributed by atoms with Crippen molar-refractivity contribution in [3.05, 3.63) is 35.1 Å². The molecule has 1 heterocycles. The second-order valence-electron chi connectivity index (χ2n) is 8.87. The van der Waals surface area contributed by atoms with Gasteiger partial charge < -0.3 is 14.2 Å². The van der Waals surface area contributed by atoms with Crippen LogP contribution in [-0.2, 0) is 16.6 Å². The van der Waals surface area contributed by atoms with Crippen molar-refractivity contribution in [1.29, 1.82) is 0 Å². The molecule has 4 aliphatic rings. The van der Waals surface area contributed by atoms with E-state index in [1.807, 2.05) is 0 Å². The van der Waals surface area contributed by atoms with Crippen LogP contribution in [0.1, 0.15) is 44.2 Å². The lowest BCUT2D eigenvalue weighted by Crippen LogP contribution is -2.58. The quantitative estimate of drug-likeness (QED) is 0.760. The molecule has 146 valence electrons. The summed E-state index contributed by atoms with van der Waals surface area (Å²) in [6, 6.07) is 4.92. The van der Waals surface area contributed by atoms with Crippen LogP contribution in [-0.4, -0.2) is 44.4 Å². The number of allylic oxidation sites excluding steroid dienone is 1. The van der Waals surface area contributed by atoms with Gasteiger partial charge in [-0.2, -0.15) is 0 Å². The number of methoxy groups -OCH3 is 2. The third-order valence-electron chi connectivity index (χ3n) is 7.54. The summed E-state index contributed by atoms with van der Waals surface area (Å²) in [4.78, 5) is 2.75. The van der Waals surface area contributed by atoms with Gasteiger partial charge in [0, 0.05) is 23.6 Å². The maximum Gasteiger partial charge on any atom is 0.166 e. The molecule has 1 saturated carbocycles. The van der Waals surface area contributed by atoms with Gasteiger partial charge in [-0.15, -0.1) is 0 Å². The summed E-state index contributed by atoms with van der Waals surface area (Å²) >= 11 is 0. The molecule has 0 bridgehead atoms. The molecule has 5 rings (SSSR count). The van der Waals surface area contributed by atoms with Crippen LogP contribution in [0.4, 0.5) is 0 Å². The van der Waals surface area contributed by atoms with Gasteiger partial charge in [0.1, 0.15) is 5.76 Å². The average molecular weight is 370 g/mol. The van der Waals surface area contributed by atoms with Crippen LogP contribution in [0.25, 0.3) is 0 Å². The fourth-order valence-corrected chi connectivity index (χ4v) is 5.97. The van der Waals surface area contributed by atoms with Crippen molar-refractivity contribution in [3.8, 4) is 11.5 Å². The molecule has 3 aliphatic carbocycles. The first-order valence-electron chi connectivity index (χ1n) is 10.5. The summed E-state index contributed by atoms with van der Waals surface area (Å²) < 4.78 is 18.0. The zero-order valence-electron chi connectivity index (χ0n) is 17.0. The summed E-state index contributed by atoms with van der Waals surface area (Å²) in [6.45, 7) is 7.10. The first-order chi connectivity index (χ1) is 13.1. The van der Waals surface area contributed by atoms with Crippen molar-refractivity contribution in [1.82, 2.24) is 4.90 Å². The largest absolute Gasteiger partial charge is 0.497 e. The minimum absolute atomic E-state index is 0.0475. The van der Waals surface area contributed by atoms with E-state index < -0.39 is 0 Å². The van der Waals surface area contributed by atoms with Crippen LogP contribution in [0.3, 0.4) is 0 Å². The molecule has 0 aromatic heterocycles. The number of likely N-dealkylation sites (N-methyl/N-ethyl adjacent to an activating group) is 1. The van der Waals surface area contributed by atoms with Crippen LogP contribution in [0.15, 0.2) is 24.0 Å². The Morgan fingerprint density at radius 3 is 2.70 bits per heavy atom. The zero-order valence-corrected chi connectivity index (χ0v) is 17.0. The highest BCUT2D eigenvalue weighted by Crippen LogP contribution is 2.60. The molecular weight excluding hydrogens is 338 g/mol. The van der Waals surface area contributed by atoms with Gasteiger partial charge in [0.15, 0.2) is 17.6 Å². The van der Waals surface area contributed by atoms with Gasteiger partial charge in [-0.25, -0.2) is 0 Å². The topological polar surface area (TPSA) is 30.9 Å². The van der Waals surface area contributed by atoms with Crippen LogP contribution >= 0.6 is 0 Å². The van der Waals surface area contributed by atoms with Gasteiger partial charge in [0.05, 0.1) is 14.2 Å². The fourth-order valence-electron chi connectivity index (χ4n) is 5.97. The van der Waals surface area contributed by atoms with Gasteiger partial charge in [-0.3, -0.25) is 4.90 Å². The summed E-state index contributed by atoms with van der Waals surface area (Å²) in [5.41, 5.74) is 2.75. The van der Waals surface area contributed by atoms with E-state index in [-0.39, 0.29) is 11.5 Å². The first kappa shape index (κ1) is 17.4. The molecule has 0 saturated heterocycles. The minimum atomic E-state index is -0.0564. The second-order valence-corrected chi connectivity index (χ2v) is 8.87. The predicted octanol–water partition coefficient (Wildman–Crippen LogP) is 3.92. The van der Waals surface area contributed by atoms with Crippen LogP contribution in [0.5, 0.6) is 11.5 Å². The van der Waals surface area contributed by atoms with Gasteiger partial charge in [-0.05, 0) is 61.8 Å². The molecular formula is C23H31NO3. The van der Waals surface area contributed by atoms with E-state index in [2.05, 4.69) is 37.0 Å². The Balaban J connectivity index is 1.64. The van der Waals surface area contributed by atoms with Crippen molar-refractivity contribution in [2.75, 3.05) is 27.3 Å². The Labute approximate surface area is 162 Å². The lowest BCUT2D eigenvalue weighted by atomic mass is 9.57. The molecule has 1 aromatic rings. The van der Waals surface area contributed by atoms with Crippen molar-refractivity contribution in [2.24, 2.45) is 11.8 Å². The highest BCUT2D eigenvalue weighted by Gasteiger charge is 2.60. The van der Waals surface area contributed by atoms with E-state index in [9.17, 15) is 0 Å². The maximum absolute atomic E-state index is 6.55. The molecule has 4 atom stereocenters. The SMILES string of the molecule is CCN(CC1CC1)C1Cc2ccc(OC)c3c2[C@@]2(C)C(O3)C(OC)=CCC12. The predicted molar refractivity (Wildman–Crippen MR) is 105 cm³/mol. The Hall–Kier alpha value is -1.68. The van der Waals surface area contributed by atoms with E-state index in [1.165, 1.54) is 30.5 Å². The molecule has 1 aliphatic heterocycles. The molecule has 27 heavy (non-hydrogen) atoms. The van der Waals surface area contributed by atoms with Crippen LogP contribution in [0, 0.1) is 11.8 Å². The Bertz CT molecular complexity index is 784. The highest BCUT2D eigenvalue weighted by atomic mass is 16.6. The lowest BCUT2D eigenvalue weighted by Gasteiger charge is -2.51. The molecule has 1 fully saturated rings. The van der Waals surface area contributed by atoms with E-state index in [0.29, 0.717) is 12.0 Å². The number of nitrogens with zero attached hydrogens (tertiary/aromatic N) is 1. The molecule has 0 N–H and O–H groups in total. The third kappa shape index (κ3) is 2.38. The van der Waals surface area contributed by atoms with Gasteiger partial charge >= 0.3 is 0 Å². The van der Waals surface area contributed by atoms with E-state index in [1.54, 1.807) is 14.2 Å². The first-order valence-corrected chi connectivity index (χ1v) is 10.5. The summed E-state index contributed by atoms with van der Waals surface area (Å²) in [6.07, 6.45) is 7.21. The fraction of sp³-hybridized carbons (Fsp3) is 0.652. The van der Waals surface area contributed by atoms with Crippen LogP contribution < -0.4 is 9.47 Å². The number of ether oxygens (including phenoxy) is 3. The number of rotatable bonds is 6. The average Bonchev–Trinajstić information content (AvgIpc) is 3.44. The molecule has 0 amide bonds. The number of hydrogen-bond donors (Lipinski definition) is 0. The molecule has 0 spiro atoms. The van der Waals surface area contributed by atoms with Crippen molar-refractivity contribution < 1.29 is 14.2 Å². The van der Waals surface area contributed by atoms with Crippen molar-refractivity contribution in [3.63, 3.8) is 0 Å². The molecule has 3 unspecified atom stereocenters. The smallest absolute Gasteiger partial charge is 0.166 e. The molecule has 0 radical (unpaired) electrons. The van der Waals surface area contributed by atoms with Gasteiger partial charge in [-0.1, -0.05) is 19.9 Å². The zero-order chi connectivity index (χ0) is 18.8. The molecule has 1 aromatic carbocycles. The number of hydrogen-bond acceptors (Lipinski definition) is 4.